The van der Waals surface area contributed by atoms with Crippen LogP contribution in [-0.2, 0) is 37.1 Å². The Morgan fingerprint density at radius 3 is 1.35 bits per heavy atom. The number of hydrogen-bond acceptors (Lipinski definition) is 7. The molecule has 12 aromatic rings. The molecule has 0 unspecified atom stereocenters. The van der Waals surface area contributed by atoms with E-state index in [0.717, 1.165) is 58.9 Å². The van der Waals surface area contributed by atoms with Crippen molar-refractivity contribution in [1.29, 1.82) is 5.41 Å². The Balaban J connectivity index is 0.000000202. The first-order chi connectivity index (χ1) is 40.0. The number of nitrogens with zero attached hydrogens (tertiary/aromatic N) is 3. The van der Waals surface area contributed by atoms with E-state index >= 15 is 0 Å². The van der Waals surface area contributed by atoms with Crippen LogP contribution in [0.25, 0.3) is 45.0 Å². The Bertz CT molecular complexity index is 3840. The summed E-state index contributed by atoms with van der Waals surface area (Å²) in [5.41, 5.74) is 33.0. The van der Waals surface area contributed by atoms with Gasteiger partial charge in [0.15, 0.2) is 11.9 Å². The quantitative estimate of drug-likeness (QED) is 0.0229. The largest absolute Gasteiger partial charge is 1.00 e. The molecule has 3 radical (unpaired) electrons. The maximum atomic E-state index is 12.1. The van der Waals surface area contributed by atoms with E-state index in [1.165, 1.54) is 59.9 Å². The third kappa shape index (κ3) is 19.4. The minimum Gasteiger partial charge on any atom is -1.00 e. The molecule has 12 rings (SSSR count). The van der Waals surface area contributed by atoms with Crippen LogP contribution in [0.5, 0.6) is 0 Å². The summed E-state index contributed by atoms with van der Waals surface area (Å²) in [4.78, 5) is 39.3. The monoisotopic (exact) mass is 1190 g/mol. The van der Waals surface area contributed by atoms with Crippen molar-refractivity contribution in [3.8, 4) is 45.0 Å². The molecule has 0 saturated carbocycles. The van der Waals surface area contributed by atoms with E-state index in [1.807, 2.05) is 136 Å². The maximum absolute atomic E-state index is 12.1. The van der Waals surface area contributed by atoms with Gasteiger partial charge in [-0.25, -0.2) is 0 Å². The fourth-order valence-corrected chi connectivity index (χ4v) is 11.7. The van der Waals surface area contributed by atoms with Crippen LogP contribution in [0.3, 0.4) is 0 Å². The van der Waals surface area contributed by atoms with Gasteiger partial charge in [0.1, 0.15) is 6.54 Å². The molecule has 18 heteroatoms. The van der Waals surface area contributed by atoms with Crippen molar-refractivity contribution in [1.82, 2.24) is 19.1 Å². The molecule has 0 fully saturated rings. The van der Waals surface area contributed by atoms with Gasteiger partial charge < -0.3 is 43.5 Å². The van der Waals surface area contributed by atoms with Crippen molar-refractivity contribution in [2.75, 3.05) is 0 Å². The molecule has 11 N–H and O–H groups in total. The van der Waals surface area contributed by atoms with Gasteiger partial charge in [-0.05, 0) is 123 Å². The second-order valence-electron chi connectivity index (χ2n) is 18.4. The predicted octanol–water partition coefficient (Wildman–Crippen LogP) is 11.3. The van der Waals surface area contributed by atoms with Crippen LogP contribution in [0.1, 0.15) is 55.4 Å². The standard InChI is InChI=1S/C18H18N4OS.C17H17NS.C15H11NOS.C15H13NS.CH5N3.B.Na.H/c19-18(20)21-17(23)12-22-14(11-15-7-4-10-24-15)8-9-16(22)13-5-2-1-3-6-13;1-2-18-15(13-16-9-6-12-19-16)10-11-17(18)14-7-4-3-5-8-14;17-15(14-7-4-10-18-14)13-9-8-12(16-13)11-5-2-1-3-6-11;1-2-5-12(6-3-1)15-9-8-13(16-15)11-14-7-4-10-17-14;2-1(3)4;;;/h1-10H,11-12H2,(H4,19,20,21,23);3-12H,2,13H2,1H3;1-10,16H;1-10,16H,11H2;(H5,2,3,4);;;/q;;;;;;+1;-1. The zero-order valence-corrected chi connectivity index (χ0v) is 52.1. The van der Waals surface area contributed by atoms with Crippen molar-refractivity contribution in [3.63, 3.8) is 0 Å². The zero-order chi connectivity index (χ0) is 57.5. The number of aliphatic imine (C=N–C) groups is 1. The van der Waals surface area contributed by atoms with E-state index in [-0.39, 0.29) is 69.6 Å². The molecular formula is C66H65BN10NaO2S4. The van der Waals surface area contributed by atoms with Crippen LogP contribution in [0.4, 0.5) is 0 Å². The van der Waals surface area contributed by atoms with Crippen LogP contribution in [0.2, 0.25) is 0 Å². The second-order valence-corrected chi connectivity index (χ2v) is 22.4. The molecule has 0 atom stereocenters. The Morgan fingerprint density at radius 1 is 0.488 bits per heavy atom. The van der Waals surface area contributed by atoms with Crippen molar-refractivity contribution in [3.05, 3.63) is 282 Å². The molecule has 12 nitrogen and oxygen atoms in total. The molecule has 419 valence electrons. The van der Waals surface area contributed by atoms with Crippen molar-refractivity contribution < 1.29 is 40.6 Å². The number of thiophene rings is 4. The number of benzene rings is 4. The first-order valence-corrected chi connectivity index (χ1v) is 29.9. The molecule has 0 aliphatic rings. The van der Waals surface area contributed by atoms with Gasteiger partial charge >= 0.3 is 29.6 Å². The Kier molecular flexibility index (Phi) is 26.1. The number of nitrogens with two attached hydrogens (primary N) is 4. The molecule has 4 aromatic carbocycles. The summed E-state index contributed by atoms with van der Waals surface area (Å²) in [7, 11) is 0. The van der Waals surface area contributed by atoms with Crippen molar-refractivity contribution >= 4 is 77.4 Å². The number of carbonyl (C=O) groups excluding carboxylic acids is 2. The molecule has 0 bridgehead atoms. The Morgan fingerprint density at radius 2 is 0.905 bits per heavy atom. The average Bonchev–Trinajstić information content (AvgIpc) is 4.42. The number of hydrogen-bond donors (Lipinski definition) is 7. The number of rotatable bonds is 15. The number of nitrogens with one attached hydrogen (secondary N) is 3. The molecule has 0 aliphatic heterocycles. The molecular weight excluding hydrogens is 1130 g/mol. The summed E-state index contributed by atoms with van der Waals surface area (Å²) in [5, 5.41) is 14.3. The molecule has 8 aromatic heterocycles. The predicted molar refractivity (Wildman–Crippen MR) is 351 cm³/mol. The van der Waals surface area contributed by atoms with E-state index in [9.17, 15) is 9.59 Å². The van der Waals surface area contributed by atoms with E-state index in [4.69, 9.17) is 16.9 Å². The van der Waals surface area contributed by atoms with Gasteiger partial charge in [-0.3, -0.25) is 15.0 Å². The van der Waals surface area contributed by atoms with E-state index < -0.39 is 0 Å². The topological polar surface area (TPSA) is 216 Å². The van der Waals surface area contributed by atoms with Gasteiger partial charge in [-0.1, -0.05) is 146 Å². The van der Waals surface area contributed by atoms with Crippen LogP contribution in [-0.4, -0.2) is 51.1 Å². The van der Waals surface area contributed by atoms with Gasteiger partial charge in [-0.2, -0.15) is 4.99 Å². The summed E-state index contributed by atoms with van der Waals surface area (Å²) in [5.74, 6) is -0.865. The molecule has 0 aliphatic carbocycles. The summed E-state index contributed by atoms with van der Waals surface area (Å²) in [6, 6.07) is 74.1. The molecule has 0 saturated heterocycles. The minimum atomic E-state index is -0.365. The maximum Gasteiger partial charge on any atom is 1.00 e. The first kappa shape index (κ1) is 64.9. The fourth-order valence-electron chi connectivity index (χ4n) is 8.89. The number of H-pyrrole nitrogens is 2. The number of amides is 1. The number of aromatic amines is 2. The molecule has 8 heterocycles. The number of ketones is 1. The third-order valence-electron chi connectivity index (χ3n) is 12.6. The number of carbonyl (C=O) groups is 2. The minimum absolute atomic E-state index is 0. The Hall–Kier alpha value is -8.26. The average molecular weight is 1190 g/mol. The smallest absolute Gasteiger partial charge is 1.00 e. The van der Waals surface area contributed by atoms with E-state index in [0.29, 0.717) is 5.69 Å². The fraction of sp³-hybridized carbons (Fsp3) is 0.0909. The SMILES string of the molecule is CCn1c(Cc2cccs2)ccc1-c1ccccc1.N=C(N)N.NC(N)=NC(=O)Cn1c(Cc2cccs2)ccc1-c1ccccc1.O=C(c1ccc(-c2ccccc2)[nH]1)c1cccs1.[B].[H-].[Na+].c1ccc(-c2ccc(Cc3cccs3)[nH]2)cc1. The van der Waals surface area contributed by atoms with Crippen LogP contribution >= 0.6 is 45.3 Å². The van der Waals surface area contributed by atoms with Crippen molar-refractivity contribution in [2.24, 2.45) is 27.9 Å². The van der Waals surface area contributed by atoms with Crippen LogP contribution < -0.4 is 52.5 Å². The van der Waals surface area contributed by atoms with Gasteiger partial charge in [-0.15, -0.1) is 45.3 Å². The van der Waals surface area contributed by atoms with Gasteiger partial charge in [0.25, 0.3) is 5.91 Å². The normalized spacial score (nSPS) is 10.1. The summed E-state index contributed by atoms with van der Waals surface area (Å²) in [6.07, 6.45) is 2.78. The number of aromatic nitrogens is 4. The molecule has 1 amide bonds. The molecule has 84 heavy (non-hydrogen) atoms. The third-order valence-corrected chi connectivity index (χ3v) is 16.0. The van der Waals surface area contributed by atoms with Gasteiger partial charge in [0, 0.05) is 88.7 Å². The van der Waals surface area contributed by atoms with Crippen LogP contribution in [0.15, 0.2) is 245 Å². The van der Waals surface area contributed by atoms with Gasteiger partial charge in [0.05, 0.1) is 10.6 Å². The van der Waals surface area contributed by atoms with E-state index in [1.54, 1.807) is 22.7 Å². The molecule has 0 spiro atoms. The summed E-state index contributed by atoms with van der Waals surface area (Å²) >= 11 is 6.79. The van der Waals surface area contributed by atoms with E-state index in [2.05, 4.69) is 158 Å². The van der Waals surface area contributed by atoms with Crippen molar-refractivity contribution in [2.45, 2.75) is 39.3 Å². The summed E-state index contributed by atoms with van der Waals surface area (Å²) < 4.78 is 4.39. The first-order valence-electron chi connectivity index (χ1n) is 26.3. The van der Waals surface area contributed by atoms with Gasteiger partial charge in [0.2, 0.25) is 5.78 Å². The number of guanidine groups is 2. The van der Waals surface area contributed by atoms with Crippen LogP contribution in [0, 0.1) is 5.41 Å². The Labute approximate surface area is 532 Å². The second kappa shape index (κ2) is 33.8. The zero-order valence-electron chi connectivity index (χ0n) is 47.8. The summed E-state index contributed by atoms with van der Waals surface area (Å²) in [6.45, 7) is 3.33.